The molecule has 0 atom stereocenters. The predicted octanol–water partition coefficient (Wildman–Crippen LogP) is 2.57. The average Bonchev–Trinajstić information content (AvgIpc) is 3.03. The van der Waals surface area contributed by atoms with Crippen LogP contribution in [0.4, 0.5) is 11.4 Å². The molecule has 0 fully saturated rings. The van der Waals surface area contributed by atoms with E-state index >= 15 is 0 Å². The van der Waals surface area contributed by atoms with E-state index in [-0.39, 0.29) is 11.8 Å². The number of nitrogens with one attached hydrogen (secondary N) is 1. The van der Waals surface area contributed by atoms with E-state index in [1.54, 1.807) is 29.2 Å². The molecule has 1 aliphatic rings. The number of nitrogens with zero attached hydrogens (tertiary/aromatic N) is 1. The largest absolute Gasteiger partial charge is 0.330 e. The van der Waals surface area contributed by atoms with Crippen molar-refractivity contribution in [3.8, 4) is 0 Å². The number of amides is 2. The topological polar surface area (TPSA) is 75.4 Å². The first-order valence-electron chi connectivity index (χ1n) is 8.19. The van der Waals surface area contributed by atoms with E-state index < -0.39 is 0 Å². The van der Waals surface area contributed by atoms with E-state index in [0.29, 0.717) is 37.2 Å². The molecule has 2 amide bonds. The lowest BCUT2D eigenvalue weighted by molar-refractivity contribution is -0.116. The molecule has 124 valence electrons. The summed E-state index contributed by atoms with van der Waals surface area (Å²) in [6, 6.07) is 15.0. The minimum atomic E-state index is -0.0865. The number of nitrogens with two attached hydrogens (primary N) is 1. The van der Waals surface area contributed by atoms with Crippen LogP contribution in [0.5, 0.6) is 0 Å². The van der Waals surface area contributed by atoms with Gasteiger partial charge in [-0.25, -0.2) is 0 Å². The van der Waals surface area contributed by atoms with Gasteiger partial charge in [-0.05, 0) is 49.2 Å². The van der Waals surface area contributed by atoms with Crippen LogP contribution >= 0.6 is 0 Å². The van der Waals surface area contributed by atoms with Gasteiger partial charge >= 0.3 is 0 Å². The van der Waals surface area contributed by atoms with E-state index in [2.05, 4.69) is 11.4 Å². The molecule has 24 heavy (non-hydrogen) atoms. The summed E-state index contributed by atoms with van der Waals surface area (Å²) in [5.41, 5.74) is 8.78. The van der Waals surface area contributed by atoms with Crippen molar-refractivity contribution >= 4 is 23.2 Å². The third kappa shape index (κ3) is 3.46. The van der Waals surface area contributed by atoms with Gasteiger partial charge in [-0.2, -0.15) is 0 Å². The lowest BCUT2D eigenvalue weighted by atomic mass is 10.1. The number of carbonyl (C=O) groups excluding carboxylic acids is 2. The molecule has 3 rings (SSSR count). The van der Waals surface area contributed by atoms with Crippen molar-refractivity contribution in [3.05, 3.63) is 59.7 Å². The molecule has 0 radical (unpaired) electrons. The van der Waals surface area contributed by atoms with Crippen molar-refractivity contribution in [2.24, 2.45) is 5.73 Å². The van der Waals surface area contributed by atoms with Crippen molar-refractivity contribution in [1.29, 1.82) is 0 Å². The molecule has 0 aromatic heterocycles. The number of para-hydroxylation sites is 1. The van der Waals surface area contributed by atoms with Crippen LogP contribution in [0, 0.1) is 0 Å². The molecule has 2 aromatic carbocycles. The van der Waals surface area contributed by atoms with Gasteiger partial charge in [0.25, 0.3) is 5.91 Å². The second-order valence-electron chi connectivity index (χ2n) is 5.86. The van der Waals surface area contributed by atoms with E-state index in [1.807, 2.05) is 18.2 Å². The molecular formula is C19H21N3O2. The second kappa shape index (κ2) is 7.27. The van der Waals surface area contributed by atoms with Crippen LogP contribution in [-0.4, -0.2) is 24.9 Å². The number of anilines is 2. The average molecular weight is 323 g/mol. The zero-order chi connectivity index (χ0) is 16.9. The standard InChI is InChI=1S/C19H21N3O2/c20-11-4-9-18(23)21-16-7-3-6-15(13-16)19(24)22-12-10-14-5-1-2-8-17(14)22/h1-3,5-8,13H,4,9-12,20H2,(H,21,23). The fourth-order valence-electron chi connectivity index (χ4n) is 2.92. The van der Waals surface area contributed by atoms with Gasteiger partial charge in [-0.15, -0.1) is 0 Å². The highest BCUT2D eigenvalue weighted by molar-refractivity contribution is 6.08. The van der Waals surface area contributed by atoms with Crippen molar-refractivity contribution < 1.29 is 9.59 Å². The van der Waals surface area contributed by atoms with E-state index in [4.69, 9.17) is 5.73 Å². The Kier molecular flexibility index (Phi) is 4.91. The van der Waals surface area contributed by atoms with Crippen LogP contribution in [-0.2, 0) is 11.2 Å². The minimum Gasteiger partial charge on any atom is -0.330 e. The quantitative estimate of drug-likeness (QED) is 0.888. The second-order valence-corrected chi connectivity index (χ2v) is 5.86. The van der Waals surface area contributed by atoms with Gasteiger partial charge in [0, 0.05) is 29.9 Å². The van der Waals surface area contributed by atoms with Gasteiger partial charge in [-0.1, -0.05) is 24.3 Å². The van der Waals surface area contributed by atoms with Crippen LogP contribution in [0.3, 0.4) is 0 Å². The molecule has 3 N–H and O–H groups in total. The molecule has 0 saturated carbocycles. The number of carbonyl (C=O) groups is 2. The van der Waals surface area contributed by atoms with Crippen molar-refractivity contribution in [2.45, 2.75) is 19.3 Å². The number of hydrogen-bond donors (Lipinski definition) is 2. The summed E-state index contributed by atoms with van der Waals surface area (Å²) in [5, 5.41) is 2.82. The summed E-state index contributed by atoms with van der Waals surface area (Å²) in [4.78, 5) is 26.4. The third-order valence-electron chi connectivity index (χ3n) is 4.13. The van der Waals surface area contributed by atoms with Crippen molar-refractivity contribution in [3.63, 3.8) is 0 Å². The molecule has 5 nitrogen and oxygen atoms in total. The summed E-state index contributed by atoms with van der Waals surface area (Å²) in [6.07, 6.45) is 1.90. The molecule has 2 aromatic rings. The van der Waals surface area contributed by atoms with Crippen LogP contribution in [0.1, 0.15) is 28.8 Å². The minimum absolute atomic E-state index is 0.0435. The van der Waals surface area contributed by atoms with Crippen molar-refractivity contribution in [1.82, 2.24) is 0 Å². The van der Waals surface area contributed by atoms with E-state index in [1.165, 1.54) is 5.56 Å². The first kappa shape index (κ1) is 16.2. The highest BCUT2D eigenvalue weighted by Crippen LogP contribution is 2.29. The highest BCUT2D eigenvalue weighted by atomic mass is 16.2. The Morgan fingerprint density at radius 2 is 1.96 bits per heavy atom. The van der Waals surface area contributed by atoms with Gasteiger partial charge in [0.15, 0.2) is 0 Å². The van der Waals surface area contributed by atoms with Gasteiger partial charge in [0.2, 0.25) is 5.91 Å². The lowest BCUT2D eigenvalue weighted by Crippen LogP contribution is -2.28. The summed E-state index contributed by atoms with van der Waals surface area (Å²) in [5.74, 6) is -0.130. The maximum atomic E-state index is 12.8. The van der Waals surface area contributed by atoms with E-state index in [0.717, 1.165) is 12.1 Å². The summed E-state index contributed by atoms with van der Waals surface area (Å²) in [7, 11) is 0. The SMILES string of the molecule is NCCCC(=O)Nc1cccc(C(=O)N2CCc3ccccc32)c1. The van der Waals surface area contributed by atoms with Gasteiger partial charge in [0.05, 0.1) is 0 Å². The third-order valence-corrected chi connectivity index (χ3v) is 4.13. The maximum Gasteiger partial charge on any atom is 0.258 e. The predicted molar refractivity (Wildman–Crippen MR) is 95.2 cm³/mol. The zero-order valence-corrected chi connectivity index (χ0v) is 13.5. The van der Waals surface area contributed by atoms with Crippen LogP contribution in [0.15, 0.2) is 48.5 Å². The highest BCUT2D eigenvalue weighted by Gasteiger charge is 2.25. The molecule has 1 aliphatic heterocycles. The summed E-state index contributed by atoms with van der Waals surface area (Å²) in [6.45, 7) is 1.17. The van der Waals surface area contributed by atoms with E-state index in [9.17, 15) is 9.59 Å². The number of fused-ring (bicyclic) bond motifs is 1. The van der Waals surface area contributed by atoms with Gasteiger partial charge in [-0.3, -0.25) is 9.59 Å². The molecule has 1 heterocycles. The van der Waals surface area contributed by atoms with Crippen molar-refractivity contribution in [2.75, 3.05) is 23.3 Å². The van der Waals surface area contributed by atoms with Crippen LogP contribution in [0.25, 0.3) is 0 Å². The van der Waals surface area contributed by atoms with Gasteiger partial charge in [0.1, 0.15) is 0 Å². The molecule has 0 aliphatic carbocycles. The molecule has 5 heteroatoms. The fraction of sp³-hybridized carbons (Fsp3) is 0.263. The Hall–Kier alpha value is -2.66. The number of hydrogen-bond acceptors (Lipinski definition) is 3. The Bertz CT molecular complexity index is 758. The van der Waals surface area contributed by atoms with Gasteiger partial charge < -0.3 is 16.0 Å². The van der Waals surface area contributed by atoms with Crippen LogP contribution in [0.2, 0.25) is 0 Å². The Labute approximate surface area is 141 Å². The molecule has 0 unspecified atom stereocenters. The number of benzene rings is 2. The molecule has 0 spiro atoms. The molecular weight excluding hydrogens is 302 g/mol. The summed E-state index contributed by atoms with van der Waals surface area (Å²) < 4.78 is 0. The number of rotatable bonds is 5. The zero-order valence-electron chi connectivity index (χ0n) is 13.5. The molecule has 0 bridgehead atoms. The molecule has 0 saturated heterocycles. The first-order chi connectivity index (χ1) is 11.7. The Balaban J connectivity index is 1.75. The Morgan fingerprint density at radius 1 is 1.12 bits per heavy atom. The first-order valence-corrected chi connectivity index (χ1v) is 8.19. The van der Waals surface area contributed by atoms with Crippen LogP contribution < -0.4 is 16.0 Å². The lowest BCUT2D eigenvalue weighted by Gasteiger charge is -2.18. The fourth-order valence-corrected chi connectivity index (χ4v) is 2.92. The monoisotopic (exact) mass is 323 g/mol. The maximum absolute atomic E-state index is 12.8. The summed E-state index contributed by atoms with van der Waals surface area (Å²) >= 11 is 0. The normalized spacial score (nSPS) is 12.8. The Morgan fingerprint density at radius 3 is 2.79 bits per heavy atom. The smallest absolute Gasteiger partial charge is 0.258 e.